The first-order valence-electron chi connectivity index (χ1n) is 9.88. The molecule has 0 bridgehead atoms. The summed E-state index contributed by atoms with van der Waals surface area (Å²) in [6, 6.07) is 10.2. The highest BCUT2D eigenvalue weighted by Gasteiger charge is 2.28. The third kappa shape index (κ3) is 4.17. The van der Waals surface area contributed by atoms with Crippen LogP contribution in [-0.2, 0) is 24.5 Å². The van der Waals surface area contributed by atoms with Crippen molar-refractivity contribution in [3.05, 3.63) is 59.2 Å². The van der Waals surface area contributed by atoms with Gasteiger partial charge in [-0.25, -0.2) is 9.67 Å². The quantitative estimate of drug-likeness (QED) is 0.277. The Labute approximate surface area is 171 Å². The lowest BCUT2D eigenvalue weighted by Gasteiger charge is -2.16. The van der Waals surface area contributed by atoms with E-state index in [0.717, 1.165) is 51.7 Å². The van der Waals surface area contributed by atoms with Gasteiger partial charge in [0.15, 0.2) is 0 Å². The summed E-state index contributed by atoms with van der Waals surface area (Å²) < 4.78 is 21.2. The average Bonchev–Trinajstić information content (AvgIpc) is 3.22. The normalized spacial score (nSPS) is 12.9. The first-order valence-corrected chi connectivity index (χ1v) is 13.6. The molecule has 2 aromatic heterocycles. The van der Waals surface area contributed by atoms with Crippen LogP contribution in [0, 0.1) is 5.95 Å². The van der Waals surface area contributed by atoms with E-state index in [4.69, 9.17) is 9.84 Å². The van der Waals surface area contributed by atoms with E-state index in [-0.39, 0.29) is 6.61 Å². The minimum Gasteiger partial charge on any atom is -0.392 e. The van der Waals surface area contributed by atoms with Crippen LogP contribution in [0.1, 0.15) is 16.7 Å². The number of aliphatic hydroxyl groups is 1. The van der Waals surface area contributed by atoms with Gasteiger partial charge in [0.05, 0.1) is 18.0 Å². The van der Waals surface area contributed by atoms with E-state index in [1.54, 1.807) is 6.07 Å². The van der Waals surface area contributed by atoms with E-state index in [9.17, 15) is 9.50 Å². The molecule has 0 unspecified atom stereocenters. The number of aromatic nitrogens is 3. The highest BCUT2D eigenvalue weighted by atomic mass is 28.3. The van der Waals surface area contributed by atoms with Gasteiger partial charge in [0.25, 0.3) is 0 Å². The predicted molar refractivity (Wildman–Crippen MR) is 114 cm³/mol. The number of benzene rings is 1. The fourth-order valence-electron chi connectivity index (χ4n) is 3.65. The molecule has 0 radical (unpaired) electrons. The van der Waals surface area contributed by atoms with Gasteiger partial charge in [-0.1, -0.05) is 37.8 Å². The van der Waals surface area contributed by atoms with Gasteiger partial charge in [-0.05, 0) is 29.3 Å². The fraction of sp³-hybridized carbons (Fsp3) is 0.364. The highest BCUT2D eigenvalue weighted by molar-refractivity contribution is 6.76. The topological polar surface area (TPSA) is 60.2 Å². The van der Waals surface area contributed by atoms with E-state index in [0.29, 0.717) is 13.3 Å². The second-order valence-electron chi connectivity index (χ2n) is 8.72. The molecule has 7 heteroatoms. The minimum atomic E-state index is -1.16. The second-order valence-corrected chi connectivity index (χ2v) is 14.3. The van der Waals surface area contributed by atoms with Gasteiger partial charge in [-0.15, -0.1) is 0 Å². The molecule has 1 N–H and O–H groups in total. The zero-order valence-electron chi connectivity index (χ0n) is 17.1. The van der Waals surface area contributed by atoms with Crippen molar-refractivity contribution in [3.63, 3.8) is 0 Å². The Kier molecular flexibility index (Phi) is 5.37. The number of ether oxygens (including phenoxy) is 1. The molecule has 0 saturated heterocycles. The van der Waals surface area contributed by atoms with Crippen LogP contribution < -0.4 is 0 Å². The number of halogens is 1. The maximum absolute atomic E-state index is 13.3. The van der Waals surface area contributed by atoms with Gasteiger partial charge >= 0.3 is 0 Å². The molecular weight excluding hydrogens is 385 g/mol. The molecule has 1 aromatic carbocycles. The molecule has 0 saturated carbocycles. The molecule has 1 aliphatic carbocycles. The Balaban J connectivity index is 1.69. The van der Waals surface area contributed by atoms with Crippen LogP contribution in [0.2, 0.25) is 25.7 Å². The van der Waals surface area contributed by atoms with E-state index in [1.807, 2.05) is 22.9 Å². The predicted octanol–water partition coefficient (Wildman–Crippen LogP) is 4.46. The molecule has 2 heterocycles. The SMILES string of the molecule is C[Si](C)(C)CCOCn1nc(-c2ccc(F)nc2)c2c1-c1ccc(CO)cc1C2. The first kappa shape index (κ1) is 19.9. The van der Waals surface area contributed by atoms with Crippen LogP contribution in [0.3, 0.4) is 0 Å². The lowest BCUT2D eigenvalue weighted by atomic mass is 10.1. The summed E-state index contributed by atoms with van der Waals surface area (Å²) in [7, 11) is -1.16. The van der Waals surface area contributed by atoms with Crippen LogP contribution in [-0.4, -0.2) is 34.6 Å². The monoisotopic (exact) mass is 411 g/mol. The molecule has 0 aliphatic heterocycles. The van der Waals surface area contributed by atoms with Crippen molar-refractivity contribution in [3.8, 4) is 22.5 Å². The van der Waals surface area contributed by atoms with Crippen molar-refractivity contribution in [1.82, 2.24) is 14.8 Å². The van der Waals surface area contributed by atoms with Crippen molar-refractivity contribution in [2.24, 2.45) is 0 Å². The Morgan fingerprint density at radius 3 is 2.72 bits per heavy atom. The maximum Gasteiger partial charge on any atom is 0.212 e. The summed E-state index contributed by atoms with van der Waals surface area (Å²) in [6.45, 7) is 8.10. The Hall–Kier alpha value is -2.35. The highest BCUT2D eigenvalue weighted by Crippen LogP contribution is 2.42. The first-order chi connectivity index (χ1) is 13.9. The lowest BCUT2D eigenvalue weighted by Crippen LogP contribution is -2.22. The summed E-state index contributed by atoms with van der Waals surface area (Å²) >= 11 is 0. The molecule has 29 heavy (non-hydrogen) atoms. The summed E-state index contributed by atoms with van der Waals surface area (Å²) in [6.07, 6.45) is 2.25. The fourth-order valence-corrected chi connectivity index (χ4v) is 4.41. The number of fused-ring (bicyclic) bond motifs is 3. The Morgan fingerprint density at radius 2 is 2.03 bits per heavy atom. The van der Waals surface area contributed by atoms with Crippen molar-refractivity contribution < 1.29 is 14.2 Å². The van der Waals surface area contributed by atoms with Gasteiger partial charge in [0, 0.05) is 44.0 Å². The standard InChI is InChI=1S/C22H26FN3O2Si/c1-29(2,3)9-8-28-14-26-22-18-6-4-15(13-27)10-17(18)11-19(22)21(25-26)16-5-7-20(23)24-12-16/h4-7,10,12,27H,8-9,11,13-14H2,1-3H3. The van der Waals surface area contributed by atoms with Gasteiger partial charge in [0.2, 0.25) is 5.95 Å². The van der Waals surface area contributed by atoms with Gasteiger partial charge < -0.3 is 9.84 Å². The Morgan fingerprint density at radius 1 is 1.21 bits per heavy atom. The van der Waals surface area contributed by atoms with Crippen LogP contribution in [0.15, 0.2) is 36.5 Å². The number of rotatable bonds is 7. The average molecular weight is 412 g/mol. The zero-order chi connectivity index (χ0) is 20.6. The molecule has 0 amide bonds. The summed E-state index contributed by atoms with van der Waals surface area (Å²) in [5, 5.41) is 14.3. The third-order valence-electron chi connectivity index (χ3n) is 5.24. The summed E-state index contributed by atoms with van der Waals surface area (Å²) in [5.74, 6) is -0.504. The molecular formula is C22H26FN3O2Si. The molecule has 0 spiro atoms. The van der Waals surface area contributed by atoms with Gasteiger partial charge in [0.1, 0.15) is 6.73 Å². The van der Waals surface area contributed by atoms with Crippen LogP contribution in [0.4, 0.5) is 4.39 Å². The second kappa shape index (κ2) is 7.82. The molecule has 0 atom stereocenters. The molecule has 4 rings (SSSR count). The lowest BCUT2D eigenvalue weighted by molar-refractivity contribution is 0.0799. The molecule has 1 aliphatic rings. The summed E-state index contributed by atoms with van der Waals surface area (Å²) in [5.41, 5.74) is 6.90. The number of pyridine rings is 1. The maximum atomic E-state index is 13.3. The third-order valence-corrected chi connectivity index (χ3v) is 6.94. The van der Waals surface area contributed by atoms with Gasteiger partial charge in [-0.2, -0.15) is 9.49 Å². The van der Waals surface area contributed by atoms with Crippen molar-refractivity contribution >= 4 is 8.07 Å². The van der Waals surface area contributed by atoms with Crippen molar-refractivity contribution in [2.75, 3.05) is 6.61 Å². The molecule has 152 valence electrons. The van der Waals surface area contributed by atoms with Crippen molar-refractivity contribution in [1.29, 1.82) is 0 Å². The molecule has 5 nitrogen and oxygen atoms in total. The number of aliphatic hydroxyl groups excluding tert-OH is 1. The van der Waals surface area contributed by atoms with Gasteiger partial charge in [-0.3, -0.25) is 0 Å². The minimum absolute atomic E-state index is 0.0181. The van der Waals surface area contributed by atoms with E-state index in [2.05, 4.69) is 24.6 Å². The Bertz CT molecular complexity index is 1030. The van der Waals surface area contributed by atoms with E-state index < -0.39 is 14.0 Å². The number of hydrogen-bond acceptors (Lipinski definition) is 4. The van der Waals surface area contributed by atoms with Crippen molar-refractivity contribution in [2.45, 2.75) is 45.4 Å². The smallest absolute Gasteiger partial charge is 0.212 e. The largest absolute Gasteiger partial charge is 0.392 e. The van der Waals surface area contributed by atoms with Crippen LogP contribution in [0.25, 0.3) is 22.5 Å². The van der Waals surface area contributed by atoms with E-state index >= 15 is 0 Å². The zero-order valence-corrected chi connectivity index (χ0v) is 18.1. The van der Waals surface area contributed by atoms with E-state index in [1.165, 1.54) is 12.3 Å². The number of hydrogen-bond donors (Lipinski definition) is 1. The number of nitrogens with zero attached hydrogens (tertiary/aromatic N) is 3. The van der Waals surface area contributed by atoms with Crippen LogP contribution in [0.5, 0.6) is 0 Å². The van der Waals surface area contributed by atoms with Crippen LogP contribution >= 0.6 is 0 Å². The molecule has 3 aromatic rings. The molecule has 0 fully saturated rings. The summed E-state index contributed by atoms with van der Waals surface area (Å²) in [4.78, 5) is 3.79.